The molecule has 1 amide bonds. The number of thiol groups is 1. The molecule has 2 atom stereocenters. The summed E-state index contributed by atoms with van der Waals surface area (Å²) in [5.74, 6) is 0.810. The number of carbonyl (C=O) groups is 1. The maximum Gasteiger partial charge on any atom is 0.223 e. The van der Waals surface area contributed by atoms with Gasteiger partial charge in [0.15, 0.2) is 0 Å². The molecule has 0 N–H and O–H groups in total. The lowest BCUT2D eigenvalue weighted by molar-refractivity contribution is -0.135. The molecule has 100 valence electrons. The van der Waals surface area contributed by atoms with Crippen LogP contribution in [0.5, 0.6) is 0 Å². The van der Waals surface area contributed by atoms with E-state index in [1.165, 1.54) is 0 Å². The van der Waals surface area contributed by atoms with Gasteiger partial charge in [-0.3, -0.25) is 9.10 Å². The summed E-state index contributed by atoms with van der Waals surface area (Å²) in [6, 6.07) is 0.302. The van der Waals surface area contributed by atoms with Crippen molar-refractivity contribution in [3.63, 3.8) is 0 Å². The van der Waals surface area contributed by atoms with E-state index in [9.17, 15) is 4.79 Å². The number of rotatable bonds is 2. The molecule has 0 radical (unpaired) electrons. The maximum atomic E-state index is 12.2. The molecule has 1 heterocycles. The average Bonchev–Trinajstić information content (AvgIpc) is 2.18. The molecule has 2 unspecified atom stereocenters. The Balaban J connectivity index is 2.61. The molecule has 0 bridgehead atoms. The molecule has 1 rings (SSSR count). The van der Waals surface area contributed by atoms with E-state index < -0.39 is 0 Å². The molecule has 1 fully saturated rings. The summed E-state index contributed by atoms with van der Waals surface area (Å²) in [4.78, 5) is 14.1. The lowest BCUT2D eigenvalue weighted by Crippen LogP contribution is -2.50. The van der Waals surface area contributed by atoms with Gasteiger partial charge in [0.05, 0.1) is 0 Å². The predicted octanol–water partition coefficient (Wildman–Crippen LogP) is 2.44. The molecule has 4 heteroatoms. The highest BCUT2D eigenvalue weighted by molar-refractivity contribution is 7.77. The Morgan fingerprint density at radius 2 is 2.06 bits per heavy atom. The Morgan fingerprint density at radius 1 is 1.47 bits per heavy atom. The second-order valence-electron chi connectivity index (χ2n) is 6.49. The van der Waals surface area contributed by atoms with Crippen LogP contribution in [0.3, 0.4) is 0 Å². The fourth-order valence-corrected chi connectivity index (χ4v) is 2.58. The summed E-state index contributed by atoms with van der Waals surface area (Å²) in [6.07, 6.45) is 1.72. The van der Waals surface area contributed by atoms with Crippen LogP contribution in [0.15, 0.2) is 0 Å². The summed E-state index contributed by atoms with van der Waals surface area (Å²) in [6.45, 7) is 10.4. The van der Waals surface area contributed by atoms with E-state index in [2.05, 4.69) is 40.5 Å². The molecule has 1 aliphatic heterocycles. The first-order valence-electron chi connectivity index (χ1n) is 6.40. The van der Waals surface area contributed by atoms with E-state index in [0.717, 1.165) is 19.5 Å². The molecule has 1 saturated heterocycles. The number of hydrogen-bond acceptors (Lipinski definition) is 3. The number of likely N-dealkylation sites (N-methyl/N-ethyl adjacent to an activating group) is 1. The predicted molar refractivity (Wildman–Crippen MR) is 75.0 cm³/mol. The lowest BCUT2D eigenvalue weighted by atomic mass is 9.89. The zero-order chi connectivity index (χ0) is 13.2. The number of piperidine rings is 1. The van der Waals surface area contributed by atoms with Gasteiger partial charge in [-0.05, 0) is 17.8 Å². The van der Waals surface area contributed by atoms with Crippen LogP contribution in [0.2, 0.25) is 0 Å². The van der Waals surface area contributed by atoms with Crippen molar-refractivity contribution in [1.82, 2.24) is 9.21 Å². The minimum absolute atomic E-state index is 0.0594. The summed E-state index contributed by atoms with van der Waals surface area (Å²) >= 11 is 4.41. The molecule has 0 aromatic carbocycles. The van der Waals surface area contributed by atoms with Crippen molar-refractivity contribution in [2.75, 3.05) is 20.1 Å². The number of nitrogens with zero attached hydrogens (tertiary/aromatic N) is 2. The van der Waals surface area contributed by atoms with Gasteiger partial charge in [-0.15, -0.1) is 0 Å². The fourth-order valence-electron chi connectivity index (χ4n) is 2.30. The van der Waals surface area contributed by atoms with Crippen molar-refractivity contribution in [3.05, 3.63) is 0 Å². The normalized spacial score (nSPS) is 26.9. The zero-order valence-electron chi connectivity index (χ0n) is 11.7. The van der Waals surface area contributed by atoms with E-state index in [1.54, 1.807) is 0 Å². The van der Waals surface area contributed by atoms with Crippen LogP contribution in [0, 0.1) is 11.3 Å². The van der Waals surface area contributed by atoms with Crippen LogP contribution < -0.4 is 0 Å². The Kier molecular flexibility index (Phi) is 4.90. The fraction of sp³-hybridized carbons (Fsp3) is 0.923. The van der Waals surface area contributed by atoms with Crippen molar-refractivity contribution >= 4 is 18.7 Å². The third kappa shape index (κ3) is 4.51. The molecular formula is C13H26N2OS. The topological polar surface area (TPSA) is 23.6 Å². The van der Waals surface area contributed by atoms with E-state index in [-0.39, 0.29) is 11.3 Å². The van der Waals surface area contributed by atoms with Gasteiger partial charge in [0.2, 0.25) is 5.91 Å². The monoisotopic (exact) mass is 258 g/mol. The van der Waals surface area contributed by atoms with Crippen LogP contribution >= 0.6 is 12.8 Å². The Morgan fingerprint density at radius 3 is 2.59 bits per heavy atom. The van der Waals surface area contributed by atoms with E-state index in [4.69, 9.17) is 0 Å². The van der Waals surface area contributed by atoms with Crippen molar-refractivity contribution in [3.8, 4) is 0 Å². The number of amides is 1. The van der Waals surface area contributed by atoms with E-state index >= 15 is 0 Å². The highest BCUT2D eigenvalue weighted by Gasteiger charge is 2.31. The summed E-state index contributed by atoms with van der Waals surface area (Å²) < 4.78 is 2.02. The second kappa shape index (κ2) is 5.61. The molecule has 17 heavy (non-hydrogen) atoms. The van der Waals surface area contributed by atoms with Gasteiger partial charge in [0.1, 0.15) is 0 Å². The Labute approximate surface area is 111 Å². The van der Waals surface area contributed by atoms with Gasteiger partial charge in [-0.25, -0.2) is 0 Å². The van der Waals surface area contributed by atoms with Gasteiger partial charge in [0.25, 0.3) is 0 Å². The van der Waals surface area contributed by atoms with Crippen molar-refractivity contribution in [2.45, 2.75) is 46.6 Å². The quantitative estimate of drug-likeness (QED) is 0.769. The van der Waals surface area contributed by atoms with Gasteiger partial charge in [-0.1, -0.05) is 40.5 Å². The van der Waals surface area contributed by atoms with Gasteiger partial charge < -0.3 is 4.90 Å². The third-order valence-electron chi connectivity index (χ3n) is 3.47. The smallest absolute Gasteiger partial charge is 0.223 e. The minimum Gasteiger partial charge on any atom is -0.341 e. The largest absolute Gasteiger partial charge is 0.341 e. The van der Waals surface area contributed by atoms with Crippen LogP contribution in [0.1, 0.15) is 40.5 Å². The minimum atomic E-state index is 0.0594. The molecule has 0 spiro atoms. The highest BCUT2D eigenvalue weighted by atomic mass is 32.1. The van der Waals surface area contributed by atoms with Gasteiger partial charge in [0, 0.05) is 32.6 Å². The van der Waals surface area contributed by atoms with Gasteiger partial charge in [-0.2, -0.15) is 0 Å². The van der Waals surface area contributed by atoms with E-state index in [0.29, 0.717) is 18.4 Å². The summed E-state index contributed by atoms with van der Waals surface area (Å²) in [7, 11) is 1.93. The second-order valence-corrected chi connectivity index (χ2v) is 7.05. The number of hydrogen-bond donors (Lipinski definition) is 1. The van der Waals surface area contributed by atoms with Gasteiger partial charge >= 0.3 is 0 Å². The highest BCUT2D eigenvalue weighted by Crippen LogP contribution is 2.25. The third-order valence-corrected chi connectivity index (χ3v) is 3.83. The molecular weight excluding hydrogens is 232 g/mol. The van der Waals surface area contributed by atoms with Crippen molar-refractivity contribution < 1.29 is 4.79 Å². The van der Waals surface area contributed by atoms with Crippen molar-refractivity contribution in [2.24, 2.45) is 11.3 Å². The zero-order valence-corrected chi connectivity index (χ0v) is 12.6. The standard InChI is InChI=1S/C13H26N2OS/c1-10-6-7-15(17)9-11(10)14(5)12(16)8-13(2,3)4/h10-11,17H,6-9H2,1-5H3. The average molecular weight is 258 g/mol. The van der Waals surface area contributed by atoms with Crippen LogP contribution in [0.25, 0.3) is 0 Å². The maximum absolute atomic E-state index is 12.2. The van der Waals surface area contributed by atoms with E-state index in [1.807, 2.05) is 16.3 Å². The number of carbonyl (C=O) groups excluding carboxylic acids is 1. The molecule has 0 aliphatic carbocycles. The summed E-state index contributed by atoms with van der Waals surface area (Å²) in [5.41, 5.74) is 0.0594. The van der Waals surface area contributed by atoms with Crippen molar-refractivity contribution in [1.29, 1.82) is 0 Å². The summed E-state index contributed by atoms with van der Waals surface area (Å²) in [5, 5.41) is 0. The SMILES string of the molecule is CC1CCN(S)CC1N(C)C(=O)CC(C)(C)C. The molecule has 0 saturated carbocycles. The molecule has 0 aromatic rings. The Bertz CT molecular complexity index is 275. The molecule has 1 aliphatic rings. The lowest BCUT2D eigenvalue weighted by Gasteiger charge is -2.40. The Hall–Kier alpha value is -0.220. The first-order valence-corrected chi connectivity index (χ1v) is 6.80. The van der Waals surface area contributed by atoms with Crippen LogP contribution in [-0.4, -0.2) is 41.3 Å². The molecule has 0 aromatic heterocycles. The van der Waals surface area contributed by atoms with Crippen LogP contribution in [-0.2, 0) is 4.79 Å². The first kappa shape index (κ1) is 14.8. The first-order chi connectivity index (χ1) is 7.70. The van der Waals surface area contributed by atoms with Crippen LogP contribution in [0.4, 0.5) is 0 Å². The molecule has 3 nitrogen and oxygen atoms in total.